The molecule has 4 bridgehead atoms. The Balaban J connectivity index is 2.13. The van der Waals surface area contributed by atoms with Crippen molar-refractivity contribution >= 4 is 5.97 Å². The molecule has 5 unspecified atom stereocenters. The van der Waals surface area contributed by atoms with E-state index in [9.17, 15) is 9.90 Å². The van der Waals surface area contributed by atoms with Gasteiger partial charge in [-0.15, -0.1) is 0 Å². The Labute approximate surface area is 113 Å². The number of carbonyl (C=O) groups is 1. The summed E-state index contributed by atoms with van der Waals surface area (Å²) in [4.78, 5) is 12.1. The van der Waals surface area contributed by atoms with Gasteiger partial charge in [0, 0.05) is 6.92 Å². The number of aliphatic hydroxyl groups excluding tert-OH is 1. The van der Waals surface area contributed by atoms with Gasteiger partial charge in [-0.25, -0.2) is 0 Å². The molecule has 0 aromatic carbocycles. The van der Waals surface area contributed by atoms with Gasteiger partial charge in [-0.05, 0) is 33.1 Å². The molecule has 19 heavy (non-hydrogen) atoms. The molecule has 0 aliphatic carbocycles. The van der Waals surface area contributed by atoms with Crippen LogP contribution in [0, 0.1) is 11.8 Å². The Morgan fingerprint density at radius 1 is 1.26 bits per heavy atom. The fourth-order valence-electron chi connectivity index (χ4n) is 4.06. The molecule has 0 radical (unpaired) electrons. The SMILES string of the molecule is CC1CC2(C)OC(C)(C1O)[C@]1(C)OC(=O)C(C)[C@H]2O1. The summed E-state index contributed by atoms with van der Waals surface area (Å²) in [6, 6.07) is 0. The fraction of sp³-hybridized carbons (Fsp3) is 0.929. The lowest BCUT2D eigenvalue weighted by molar-refractivity contribution is -0.457. The lowest BCUT2D eigenvalue weighted by atomic mass is 9.68. The van der Waals surface area contributed by atoms with E-state index in [-0.39, 0.29) is 23.9 Å². The van der Waals surface area contributed by atoms with E-state index in [2.05, 4.69) is 0 Å². The summed E-state index contributed by atoms with van der Waals surface area (Å²) in [5, 5.41) is 10.5. The van der Waals surface area contributed by atoms with Crippen LogP contribution >= 0.6 is 0 Å². The van der Waals surface area contributed by atoms with Crippen LogP contribution in [0.4, 0.5) is 0 Å². The quantitative estimate of drug-likeness (QED) is 0.671. The van der Waals surface area contributed by atoms with E-state index in [1.165, 1.54) is 0 Å². The predicted molar refractivity (Wildman–Crippen MR) is 66.2 cm³/mol. The monoisotopic (exact) mass is 270 g/mol. The van der Waals surface area contributed by atoms with Crippen LogP contribution in [-0.4, -0.2) is 40.3 Å². The van der Waals surface area contributed by atoms with E-state index in [0.717, 1.165) is 0 Å². The molecule has 0 amide bonds. The number of hydrogen-bond donors (Lipinski definition) is 1. The van der Waals surface area contributed by atoms with Crippen molar-refractivity contribution in [3.05, 3.63) is 0 Å². The lowest BCUT2D eigenvalue weighted by Gasteiger charge is -2.65. The molecule has 5 heteroatoms. The van der Waals surface area contributed by atoms with Gasteiger partial charge in [-0.2, -0.15) is 0 Å². The Kier molecular flexibility index (Phi) is 2.46. The molecule has 0 spiro atoms. The van der Waals surface area contributed by atoms with Crippen LogP contribution < -0.4 is 0 Å². The van der Waals surface area contributed by atoms with E-state index in [4.69, 9.17) is 14.2 Å². The second kappa shape index (κ2) is 3.51. The Hall–Kier alpha value is -0.650. The van der Waals surface area contributed by atoms with Crippen molar-refractivity contribution in [3.8, 4) is 0 Å². The van der Waals surface area contributed by atoms with E-state index in [1.807, 2.05) is 13.8 Å². The predicted octanol–water partition coefficient (Wildman–Crippen LogP) is 1.23. The van der Waals surface area contributed by atoms with Crippen LogP contribution in [0.25, 0.3) is 0 Å². The van der Waals surface area contributed by atoms with Crippen molar-refractivity contribution in [3.63, 3.8) is 0 Å². The average Bonchev–Trinajstić information content (AvgIpc) is 2.29. The van der Waals surface area contributed by atoms with Gasteiger partial charge < -0.3 is 19.3 Å². The van der Waals surface area contributed by atoms with E-state index in [1.54, 1.807) is 20.8 Å². The number of aliphatic hydroxyl groups is 1. The third-order valence-corrected chi connectivity index (χ3v) is 5.25. The van der Waals surface area contributed by atoms with Crippen LogP contribution in [-0.2, 0) is 19.0 Å². The molecule has 3 aliphatic heterocycles. The second-order valence-corrected chi connectivity index (χ2v) is 6.84. The first-order chi connectivity index (χ1) is 8.63. The highest BCUT2D eigenvalue weighted by molar-refractivity contribution is 5.74. The van der Waals surface area contributed by atoms with Crippen LogP contribution in [0.1, 0.15) is 41.0 Å². The molecule has 1 N–H and O–H groups in total. The zero-order chi connectivity index (χ0) is 14.2. The lowest BCUT2D eigenvalue weighted by Crippen LogP contribution is -2.79. The van der Waals surface area contributed by atoms with Crippen molar-refractivity contribution < 1.29 is 24.1 Å². The minimum absolute atomic E-state index is 0.0680. The third kappa shape index (κ3) is 1.44. The number of rotatable bonds is 0. The molecule has 108 valence electrons. The maximum Gasteiger partial charge on any atom is 0.314 e. The van der Waals surface area contributed by atoms with E-state index < -0.39 is 23.1 Å². The molecule has 3 aliphatic rings. The zero-order valence-electron chi connectivity index (χ0n) is 12.1. The molecule has 3 fully saturated rings. The third-order valence-electron chi connectivity index (χ3n) is 5.25. The number of carbonyl (C=O) groups excluding carboxylic acids is 1. The van der Waals surface area contributed by atoms with Gasteiger partial charge in [0.2, 0.25) is 5.79 Å². The van der Waals surface area contributed by atoms with Crippen molar-refractivity contribution in [1.82, 2.24) is 0 Å². The molecule has 3 heterocycles. The maximum atomic E-state index is 12.1. The highest BCUT2D eigenvalue weighted by Gasteiger charge is 2.71. The summed E-state index contributed by atoms with van der Waals surface area (Å²) in [5.74, 6) is -1.79. The molecular weight excluding hydrogens is 248 g/mol. The summed E-state index contributed by atoms with van der Waals surface area (Å²) in [5.41, 5.74) is -1.60. The van der Waals surface area contributed by atoms with E-state index >= 15 is 0 Å². The largest absolute Gasteiger partial charge is 0.430 e. The molecule has 0 aromatic rings. The molecule has 3 saturated heterocycles. The first-order valence-electron chi connectivity index (χ1n) is 6.92. The summed E-state index contributed by atoms with van der Waals surface area (Å²) in [6.45, 7) is 9.22. The van der Waals surface area contributed by atoms with Crippen molar-refractivity contribution in [2.75, 3.05) is 0 Å². The van der Waals surface area contributed by atoms with E-state index in [0.29, 0.717) is 6.42 Å². The molecule has 7 atom stereocenters. The summed E-state index contributed by atoms with van der Waals surface area (Å²) in [7, 11) is 0. The minimum atomic E-state index is -1.23. The van der Waals surface area contributed by atoms with Crippen LogP contribution in [0.3, 0.4) is 0 Å². The molecular formula is C14H22O5. The Morgan fingerprint density at radius 3 is 2.53 bits per heavy atom. The van der Waals surface area contributed by atoms with Crippen LogP contribution in [0.2, 0.25) is 0 Å². The summed E-state index contributed by atoms with van der Waals surface area (Å²) >= 11 is 0. The Bertz CT molecular complexity index is 438. The van der Waals surface area contributed by atoms with Gasteiger partial charge in [0.15, 0.2) is 5.60 Å². The number of fused-ring (bicyclic) bond motifs is 6. The van der Waals surface area contributed by atoms with Gasteiger partial charge in [0.1, 0.15) is 6.10 Å². The smallest absolute Gasteiger partial charge is 0.314 e. The summed E-state index contributed by atoms with van der Waals surface area (Å²) in [6.07, 6.45) is -0.392. The highest BCUT2D eigenvalue weighted by Crippen LogP contribution is 2.56. The van der Waals surface area contributed by atoms with Gasteiger partial charge in [-0.1, -0.05) is 6.92 Å². The number of hydrogen-bond acceptors (Lipinski definition) is 5. The standard InChI is InChI=1S/C14H22O5/c1-7-6-12(3)10-8(2)11(16)18-14(5,17-10)13(4,19-12)9(7)15/h7-10,15H,6H2,1-5H3/t7?,8?,9?,10-,12?,13?,14+/m1/s1. The van der Waals surface area contributed by atoms with Crippen molar-refractivity contribution in [2.45, 2.75) is 70.2 Å². The van der Waals surface area contributed by atoms with Crippen molar-refractivity contribution in [2.24, 2.45) is 11.8 Å². The van der Waals surface area contributed by atoms with Crippen molar-refractivity contribution in [1.29, 1.82) is 0 Å². The number of ether oxygens (including phenoxy) is 3. The second-order valence-electron chi connectivity index (χ2n) is 6.84. The molecule has 5 nitrogen and oxygen atoms in total. The normalized spacial score (nSPS) is 60.6. The average molecular weight is 270 g/mol. The van der Waals surface area contributed by atoms with Gasteiger partial charge in [0.25, 0.3) is 0 Å². The maximum absolute atomic E-state index is 12.1. The zero-order valence-corrected chi connectivity index (χ0v) is 12.1. The van der Waals surface area contributed by atoms with Gasteiger partial charge >= 0.3 is 5.97 Å². The van der Waals surface area contributed by atoms with Crippen LogP contribution in [0.15, 0.2) is 0 Å². The molecule has 0 aromatic heterocycles. The highest BCUT2D eigenvalue weighted by atomic mass is 16.8. The number of esters is 1. The Morgan fingerprint density at radius 2 is 1.89 bits per heavy atom. The minimum Gasteiger partial charge on any atom is -0.430 e. The fourth-order valence-corrected chi connectivity index (χ4v) is 4.06. The summed E-state index contributed by atoms with van der Waals surface area (Å²) < 4.78 is 17.7. The topological polar surface area (TPSA) is 65.0 Å². The van der Waals surface area contributed by atoms with Gasteiger partial charge in [0.05, 0.1) is 17.6 Å². The first-order valence-corrected chi connectivity index (χ1v) is 6.92. The van der Waals surface area contributed by atoms with Crippen LogP contribution in [0.5, 0.6) is 0 Å². The van der Waals surface area contributed by atoms with Gasteiger partial charge in [-0.3, -0.25) is 4.79 Å². The molecule has 3 rings (SSSR count). The molecule has 0 saturated carbocycles. The first kappa shape index (κ1) is 13.3.